The van der Waals surface area contributed by atoms with Crippen LogP contribution in [0.3, 0.4) is 0 Å². The van der Waals surface area contributed by atoms with Crippen LogP contribution in [0.15, 0.2) is 122 Å². The average Bonchev–Trinajstić information content (AvgIpc) is 3.64. The van der Waals surface area contributed by atoms with Crippen LogP contribution >= 0.6 is 0 Å². The molecule has 2 heterocycles. The third-order valence-electron chi connectivity index (χ3n) is 7.71. The quantitative estimate of drug-likeness (QED) is 0.228. The van der Waals surface area contributed by atoms with Gasteiger partial charge in [-0.25, -0.2) is 0 Å². The number of amides is 1. The molecule has 0 spiro atoms. The summed E-state index contributed by atoms with van der Waals surface area (Å²) in [5.74, 6) is -0.842. The molecule has 0 radical (unpaired) electrons. The number of hydrogen-bond acceptors (Lipinski definition) is 5. The summed E-state index contributed by atoms with van der Waals surface area (Å²) < 4.78 is 7.29. The topological polar surface area (TPSA) is 93.5 Å². The molecule has 0 saturated carbocycles. The van der Waals surface area contributed by atoms with E-state index in [0.717, 1.165) is 38.9 Å². The van der Waals surface area contributed by atoms with Crippen molar-refractivity contribution < 1.29 is 19.4 Å². The molecule has 0 bridgehead atoms. The first kappa shape index (κ1) is 27.2. The van der Waals surface area contributed by atoms with E-state index in [-0.39, 0.29) is 18.9 Å². The monoisotopic (exact) mass is 557 g/mol. The van der Waals surface area contributed by atoms with Crippen molar-refractivity contribution in [3.63, 3.8) is 0 Å². The number of carbonyl (C=O) groups is 2. The summed E-state index contributed by atoms with van der Waals surface area (Å²) in [5, 5.41) is 13.8. The second kappa shape index (κ2) is 12.2. The van der Waals surface area contributed by atoms with E-state index >= 15 is 0 Å². The minimum absolute atomic E-state index is 0.128. The number of rotatable bonds is 9. The number of aliphatic hydroxyl groups is 1. The standard InChI is InChI=1S/C35H31N3O4/c39-32-20-28-8-4-5-9-30(28)34(32)37-35(41)31(21-33(40)42-23-24-6-2-1-3-7-24)38-19-16-29(22-38)26-12-10-25(11-13-26)27-14-17-36-18-15-27/h1-19,22,31-32,34,39H,20-21,23H2,(H,37,41). The summed E-state index contributed by atoms with van der Waals surface area (Å²) in [7, 11) is 0. The molecule has 2 aromatic heterocycles. The maximum absolute atomic E-state index is 13.8. The van der Waals surface area contributed by atoms with Crippen LogP contribution in [0, 0.1) is 0 Å². The van der Waals surface area contributed by atoms with Crippen LogP contribution in [0.2, 0.25) is 0 Å². The molecule has 210 valence electrons. The molecule has 1 amide bonds. The lowest BCUT2D eigenvalue weighted by Crippen LogP contribution is -2.39. The lowest BCUT2D eigenvalue weighted by molar-refractivity contribution is -0.148. The number of carbonyl (C=O) groups excluding carboxylic acids is 2. The number of benzene rings is 3. The fourth-order valence-electron chi connectivity index (χ4n) is 5.46. The van der Waals surface area contributed by atoms with Crippen molar-refractivity contribution in [2.75, 3.05) is 0 Å². The summed E-state index contributed by atoms with van der Waals surface area (Å²) >= 11 is 0. The Kier molecular flexibility index (Phi) is 7.92. The van der Waals surface area contributed by atoms with E-state index in [9.17, 15) is 14.7 Å². The zero-order valence-electron chi connectivity index (χ0n) is 23.0. The first-order chi connectivity index (χ1) is 20.5. The first-order valence-corrected chi connectivity index (χ1v) is 14.0. The first-order valence-electron chi connectivity index (χ1n) is 14.0. The maximum Gasteiger partial charge on any atom is 0.308 e. The number of ether oxygens (including phenoxy) is 1. The summed E-state index contributed by atoms with van der Waals surface area (Å²) in [4.78, 5) is 30.8. The van der Waals surface area contributed by atoms with E-state index in [1.54, 1.807) is 23.2 Å². The van der Waals surface area contributed by atoms with Gasteiger partial charge in [0.05, 0.1) is 18.6 Å². The van der Waals surface area contributed by atoms with Gasteiger partial charge < -0.3 is 19.7 Å². The van der Waals surface area contributed by atoms with Crippen molar-refractivity contribution in [3.05, 3.63) is 139 Å². The van der Waals surface area contributed by atoms with Gasteiger partial charge in [-0.1, -0.05) is 78.9 Å². The Labute approximate surface area is 244 Å². The van der Waals surface area contributed by atoms with E-state index < -0.39 is 24.2 Å². The molecular weight excluding hydrogens is 526 g/mol. The van der Waals surface area contributed by atoms with Crippen LogP contribution in [-0.4, -0.2) is 32.6 Å². The van der Waals surface area contributed by atoms with Gasteiger partial charge in [-0.05, 0) is 57.1 Å². The number of aromatic nitrogens is 2. The molecule has 0 aliphatic heterocycles. The van der Waals surface area contributed by atoms with Crippen LogP contribution in [0.25, 0.3) is 22.3 Å². The van der Waals surface area contributed by atoms with Crippen molar-refractivity contribution in [2.24, 2.45) is 0 Å². The summed E-state index contributed by atoms with van der Waals surface area (Å²) in [5.41, 5.74) is 6.83. The summed E-state index contributed by atoms with van der Waals surface area (Å²) in [6, 6.07) is 29.7. The fourth-order valence-corrected chi connectivity index (χ4v) is 5.46. The Morgan fingerprint density at radius 3 is 2.29 bits per heavy atom. The van der Waals surface area contributed by atoms with Gasteiger partial charge in [0, 0.05) is 31.2 Å². The summed E-state index contributed by atoms with van der Waals surface area (Å²) in [6.45, 7) is 0.128. The molecule has 5 aromatic rings. The minimum atomic E-state index is -0.863. The Balaban J connectivity index is 1.23. The predicted octanol–water partition coefficient (Wildman–Crippen LogP) is 5.67. The summed E-state index contributed by atoms with van der Waals surface area (Å²) in [6.07, 6.45) is 6.78. The van der Waals surface area contributed by atoms with Crippen molar-refractivity contribution in [1.82, 2.24) is 14.9 Å². The van der Waals surface area contributed by atoms with Crippen LogP contribution in [0.5, 0.6) is 0 Å². The van der Waals surface area contributed by atoms with E-state index in [0.29, 0.717) is 6.42 Å². The molecule has 6 rings (SSSR count). The van der Waals surface area contributed by atoms with Crippen molar-refractivity contribution in [1.29, 1.82) is 0 Å². The largest absolute Gasteiger partial charge is 0.461 e. The molecule has 1 aliphatic rings. The van der Waals surface area contributed by atoms with Crippen LogP contribution in [0.1, 0.15) is 35.2 Å². The molecule has 3 unspecified atom stereocenters. The molecule has 2 N–H and O–H groups in total. The van der Waals surface area contributed by atoms with Crippen LogP contribution < -0.4 is 5.32 Å². The zero-order valence-corrected chi connectivity index (χ0v) is 23.0. The van der Waals surface area contributed by atoms with Gasteiger partial charge >= 0.3 is 5.97 Å². The van der Waals surface area contributed by atoms with E-state index in [4.69, 9.17) is 4.74 Å². The van der Waals surface area contributed by atoms with E-state index in [1.807, 2.05) is 103 Å². The van der Waals surface area contributed by atoms with Crippen molar-refractivity contribution in [3.8, 4) is 22.3 Å². The molecule has 7 nitrogen and oxygen atoms in total. The molecule has 1 aliphatic carbocycles. The Bertz CT molecular complexity index is 1670. The van der Waals surface area contributed by atoms with Crippen LogP contribution in [-0.2, 0) is 27.4 Å². The number of hydrogen-bond donors (Lipinski definition) is 2. The number of fused-ring (bicyclic) bond motifs is 1. The highest BCUT2D eigenvalue weighted by molar-refractivity contribution is 5.86. The van der Waals surface area contributed by atoms with Gasteiger partial charge in [0.1, 0.15) is 12.6 Å². The third-order valence-corrected chi connectivity index (χ3v) is 7.71. The normalized spacial score (nSPS) is 16.4. The Morgan fingerprint density at radius 2 is 1.52 bits per heavy atom. The second-order valence-electron chi connectivity index (χ2n) is 10.5. The van der Waals surface area contributed by atoms with Gasteiger partial charge in [-0.2, -0.15) is 0 Å². The Hall–Kier alpha value is -5.01. The molecule has 0 fully saturated rings. The second-order valence-corrected chi connectivity index (χ2v) is 10.5. The molecular formula is C35H31N3O4. The number of esters is 1. The van der Waals surface area contributed by atoms with Gasteiger partial charge in [-0.15, -0.1) is 0 Å². The molecule has 3 atom stereocenters. The highest BCUT2D eigenvalue weighted by atomic mass is 16.5. The molecule has 0 saturated heterocycles. The number of aliphatic hydroxyl groups excluding tert-OH is 1. The van der Waals surface area contributed by atoms with Crippen molar-refractivity contribution in [2.45, 2.75) is 37.6 Å². The van der Waals surface area contributed by atoms with E-state index in [1.165, 1.54) is 0 Å². The molecule has 7 heteroatoms. The average molecular weight is 558 g/mol. The van der Waals surface area contributed by atoms with Gasteiger partial charge in [0.25, 0.3) is 0 Å². The van der Waals surface area contributed by atoms with Crippen molar-refractivity contribution >= 4 is 11.9 Å². The Morgan fingerprint density at radius 1 is 0.857 bits per heavy atom. The van der Waals surface area contributed by atoms with Crippen LogP contribution in [0.4, 0.5) is 0 Å². The smallest absolute Gasteiger partial charge is 0.308 e. The number of nitrogens with one attached hydrogen (secondary N) is 1. The molecule has 3 aromatic carbocycles. The lowest BCUT2D eigenvalue weighted by Gasteiger charge is -2.23. The van der Waals surface area contributed by atoms with Gasteiger partial charge in [0.2, 0.25) is 5.91 Å². The molecule has 42 heavy (non-hydrogen) atoms. The third kappa shape index (κ3) is 6.01. The lowest BCUT2D eigenvalue weighted by atomic mass is 10.0. The SMILES string of the molecule is O=C(CC(C(=O)NC1c2ccccc2CC1O)n1ccc(-c2ccc(-c3ccncc3)cc2)c1)OCc1ccccc1. The highest BCUT2D eigenvalue weighted by Crippen LogP contribution is 2.32. The highest BCUT2D eigenvalue weighted by Gasteiger charge is 2.34. The maximum atomic E-state index is 13.8. The predicted molar refractivity (Wildman–Crippen MR) is 160 cm³/mol. The van der Waals surface area contributed by atoms with E-state index in [2.05, 4.69) is 10.3 Å². The fraction of sp³-hybridized carbons (Fsp3) is 0.171. The number of pyridine rings is 1. The van der Waals surface area contributed by atoms with Gasteiger partial charge in [0.15, 0.2) is 0 Å². The van der Waals surface area contributed by atoms with Gasteiger partial charge in [-0.3, -0.25) is 14.6 Å². The number of nitrogens with zero attached hydrogens (tertiary/aromatic N) is 2. The zero-order chi connectivity index (χ0) is 28.9. The minimum Gasteiger partial charge on any atom is -0.461 e.